The molecule has 0 radical (unpaired) electrons. The fourth-order valence-electron chi connectivity index (χ4n) is 1.63. The Kier molecular flexibility index (Phi) is 3.15. The summed E-state index contributed by atoms with van der Waals surface area (Å²) in [6.45, 7) is 1.93. The van der Waals surface area contributed by atoms with Crippen LogP contribution in [0.5, 0.6) is 0 Å². The van der Waals surface area contributed by atoms with Crippen molar-refractivity contribution in [1.82, 2.24) is 9.78 Å². The van der Waals surface area contributed by atoms with E-state index in [1.807, 2.05) is 13.0 Å². The van der Waals surface area contributed by atoms with Gasteiger partial charge in [0, 0.05) is 12.4 Å². The van der Waals surface area contributed by atoms with E-state index in [1.54, 1.807) is 23.1 Å². The highest BCUT2D eigenvalue weighted by Gasteiger charge is 2.14. The maximum absolute atomic E-state index is 11.1. The van der Waals surface area contributed by atoms with Gasteiger partial charge in [-0.05, 0) is 30.2 Å². The molecule has 17 heavy (non-hydrogen) atoms. The van der Waals surface area contributed by atoms with Gasteiger partial charge in [-0.25, -0.2) is 9.48 Å². The molecule has 0 amide bonds. The first kappa shape index (κ1) is 11.7. The molecule has 0 saturated carbocycles. The number of aromatic nitrogens is 2. The van der Waals surface area contributed by atoms with Gasteiger partial charge in [0.05, 0.1) is 16.3 Å². The Morgan fingerprint density at radius 3 is 2.82 bits per heavy atom. The number of hydrogen-bond acceptors (Lipinski definition) is 2. The molecule has 1 aromatic heterocycles. The number of hydrogen-bond donors (Lipinski definition) is 1. The van der Waals surface area contributed by atoms with Crippen LogP contribution in [0.4, 0.5) is 0 Å². The summed E-state index contributed by atoms with van der Waals surface area (Å²) < 4.78 is 1.61. The molecular weight excluding hydrogens is 240 g/mol. The molecule has 0 atom stereocenters. The van der Waals surface area contributed by atoms with E-state index in [1.165, 1.54) is 6.07 Å². The fraction of sp³-hybridized carbons (Fsp3) is 0.167. The van der Waals surface area contributed by atoms with Crippen molar-refractivity contribution in [3.63, 3.8) is 0 Å². The van der Waals surface area contributed by atoms with E-state index < -0.39 is 5.97 Å². The predicted molar refractivity (Wildman–Crippen MR) is 64.9 cm³/mol. The Hall–Kier alpha value is -1.81. The number of carboxylic acids is 1. The number of rotatable bonds is 3. The van der Waals surface area contributed by atoms with Gasteiger partial charge in [0.1, 0.15) is 0 Å². The molecule has 0 aliphatic heterocycles. The van der Waals surface area contributed by atoms with Crippen LogP contribution in [0.3, 0.4) is 0 Å². The molecule has 0 aliphatic carbocycles. The van der Waals surface area contributed by atoms with E-state index >= 15 is 0 Å². The van der Waals surface area contributed by atoms with Crippen molar-refractivity contribution in [2.45, 2.75) is 13.3 Å². The van der Waals surface area contributed by atoms with Gasteiger partial charge in [-0.3, -0.25) is 0 Å². The zero-order valence-electron chi connectivity index (χ0n) is 9.22. The average Bonchev–Trinajstić information content (AvgIpc) is 2.82. The predicted octanol–water partition coefficient (Wildman–Crippen LogP) is 2.79. The van der Waals surface area contributed by atoms with Gasteiger partial charge in [0.15, 0.2) is 0 Å². The maximum Gasteiger partial charge on any atom is 0.337 e. The Morgan fingerprint density at radius 1 is 1.53 bits per heavy atom. The summed E-state index contributed by atoms with van der Waals surface area (Å²) >= 11 is 6.03. The van der Waals surface area contributed by atoms with Crippen LogP contribution in [0.25, 0.3) is 5.69 Å². The molecule has 2 rings (SSSR count). The molecule has 5 heteroatoms. The van der Waals surface area contributed by atoms with E-state index in [0.29, 0.717) is 17.1 Å². The second-order valence-electron chi connectivity index (χ2n) is 3.58. The lowest BCUT2D eigenvalue weighted by Crippen LogP contribution is -2.04. The Balaban J connectivity index is 2.63. The third-order valence-corrected chi connectivity index (χ3v) is 2.96. The third kappa shape index (κ3) is 2.17. The number of aromatic carboxylic acids is 1. The highest BCUT2D eigenvalue weighted by atomic mass is 35.5. The summed E-state index contributed by atoms with van der Waals surface area (Å²) in [6.07, 6.45) is 4.07. The number of halogens is 1. The zero-order valence-corrected chi connectivity index (χ0v) is 9.98. The van der Waals surface area contributed by atoms with Crippen LogP contribution < -0.4 is 0 Å². The SMILES string of the molecule is CCc1cc(-n2cccn2)cc(C(=O)O)c1Cl. The monoisotopic (exact) mass is 250 g/mol. The van der Waals surface area contributed by atoms with Crippen molar-refractivity contribution in [3.8, 4) is 5.69 Å². The quantitative estimate of drug-likeness (QED) is 0.911. The minimum atomic E-state index is -1.03. The molecule has 88 valence electrons. The van der Waals surface area contributed by atoms with Crippen LogP contribution in [0.1, 0.15) is 22.8 Å². The van der Waals surface area contributed by atoms with Gasteiger partial charge in [-0.2, -0.15) is 5.10 Å². The molecule has 1 aromatic carbocycles. The van der Waals surface area contributed by atoms with Gasteiger partial charge >= 0.3 is 5.97 Å². The molecule has 0 spiro atoms. The number of benzene rings is 1. The van der Waals surface area contributed by atoms with Gasteiger partial charge in [0.2, 0.25) is 0 Å². The molecule has 1 heterocycles. The van der Waals surface area contributed by atoms with Crippen LogP contribution in [-0.2, 0) is 6.42 Å². The van der Waals surface area contributed by atoms with Gasteiger partial charge in [-0.15, -0.1) is 0 Å². The van der Waals surface area contributed by atoms with E-state index in [9.17, 15) is 4.79 Å². The smallest absolute Gasteiger partial charge is 0.337 e. The zero-order chi connectivity index (χ0) is 12.4. The number of aryl methyl sites for hydroxylation is 1. The van der Waals surface area contributed by atoms with E-state index in [2.05, 4.69) is 5.10 Å². The van der Waals surface area contributed by atoms with Crippen molar-refractivity contribution >= 4 is 17.6 Å². The molecule has 0 unspecified atom stereocenters. The molecular formula is C12H11ClN2O2. The largest absolute Gasteiger partial charge is 0.478 e. The minimum Gasteiger partial charge on any atom is -0.478 e. The summed E-state index contributed by atoms with van der Waals surface area (Å²) in [5.41, 5.74) is 1.61. The molecule has 1 N–H and O–H groups in total. The molecule has 0 aliphatic rings. The van der Waals surface area contributed by atoms with E-state index in [-0.39, 0.29) is 5.56 Å². The highest BCUT2D eigenvalue weighted by Crippen LogP contribution is 2.25. The summed E-state index contributed by atoms with van der Waals surface area (Å²) in [5.74, 6) is -1.03. The number of nitrogens with zero attached hydrogens (tertiary/aromatic N) is 2. The molecule has 0 fully saturated rings. The minimum absolute atomic E-state index is 0.108. The first-order valence-electron chi connectivity index (χ1n) is 5.19. The normalized spacial score (nSPS) is 10.5. The summed E-state index contributed by atoms with van der Waals surface area (Å²) in [6, 6.07) is 5.15. The van der Waals surface area contributed by atoms with E-state index in [0.717, 1.165) is 5.56 Å². The van der Waals surface area contributed by atoms with Crippen LogP contribution in [0, 0.1) is 0 Å². The Morgan fingerprint density at radius 2 is 2.29 bits per heavy atom. The number of carboxylic acid groups (broad SMARTS) is 1. The lowest BCUT2D eigenvalue weighted by Gasteiger charge is -2.09. The molecule has 2 aromatic rings. The van der Waals surface area contributed by atoms with E-state index in [4.69, 9.17) is 16.7 Å². The second-order valence-corrected chi connectivity index (χ2v) is 3.95. The van der Waals surface area contributed by atoms with Gasteiger partial charge in [0.25, 0.3) is 0 Å². The van der Waals surface area contributed by atoms with Crippen LogP contribution in [0.15, 0.2) is 30.6 Å². The Bertz CT molecular complexity index is 550. The second kappa shape index (κ2) is 4.59. The van der Waals surface area contributed by atoms with Crippen LogP contribution in [-0.4, -0.2) is 20.9 Å². The molecule has 0 saturated heterocycles. The lowest BCUT2D eigenvalue weighted by molar-refractivity contribution is 0.0697. The first-order chi connectivity index (χ1) is 8.13. The number of carbonyl (C=O) groups is 1. The average molecular weight is 251 g/mol. The lowest BCUT2D eigenvalue weighted by atomic mass is 10.1. The van der Waals surface area contributed by atoms with Crippen molar-refractivity contribution in [1.29, 1.82) is 0 Å². The third-order valence-electron chi connectivity index (χ3n) is 2.51. The maximum atomic E-state index is 11.1. The Labute approximate surface area is 103 Å². The van der Waals surface area contributed by atoms with Gasteiger partial charge < -0.3 is 5.11 Å². The summed E-state index contributed by atoms with van der Waals surface area (Å²) in [5, 5.41) is 13.5. The van der Waals surface area contributed by atoms with Crippen molar-refractivity contribution in [2.24, 2.45) is 0 Å². The van der Waals surface area contributed by atoms with Crippen molar-refractivity contribution in [3.05, 3.63) is 46.7 Å². The fourth-order valence-corrected chi connectivity index (χ4v) is 1.96. The van der Waals surface area contributed by atoms with Crippen LogP contribution >= 0.6 is 11.6 Å². The van der Waals surface area contributed by atoms with Crippen molar-refractivity contribution in [2.75, 3.05) is 0 Å². The highest BCUT2D eigenvalue weighted by molar-refractivity contribution is 6.34. The van der Waals surface area contributed by atoms with Crippen LogP contribution in [0.2, 0.25) is 5.02 Å². The van der Waals surface area contributed by atoms with Gasteiger partial charge in [-0.1, -0.05) is 18.5 Å². The summed E-state index contributed by atoms with van der Waals surface area (Å²) in [4.78, 5) is 11.1. The summed E-state index contributed by atoms with van der Waals surface area (Å²) in [7, 11) is 0. The van der Waals surface area contributed by atoms with Crippen molar-refractivity contribution < 1.29 is 9.90 Å². The standard InChI is InChI=1S/C12H11ClN2O2/c1-2-8-6-9(15-5-3-4-14-15)7-10(11(8)13)12(16)17/h3-7H,2H2,1H3,(H,16,17). The topological polar surface area (TPSA) is 55.1 Å². The molecule has 0 bridgehead atoms. The first-order valence-corrected chi connectivity index (χ1v) is 5.57. The molecule has 4 nitrogen and oxygen atoms in total.